The van der Waals surface area contributed by atoms with Crippen molar-refractivity contribution >= 4 is 17.4 Å². The molecule has 2 rings (SSSR count). The molecule has 4 N–H and O–H groups in total. The van der Waals surface area contributed by atoms with Gasteiger partial charge in [-0.25, -0.2) is 0 Å². The molecule has 21 heavy (non-hydrogen) atoms. The van der Waals surface area contributed by atoms with Crippen LogP contribution in [0.1, 0.15) is 43.2 Å². The van der Waals surface area contributed by atoms with Crippen molar-refractivity contribution in [2.24, 2.45) is 16.3 Å². The van der Waals surface area contributed by atoms with Crippen LogP contribution in [-0.4, -0.2) is 17.0 Å². The molecular formula is C16H23N3O2. The number of hydrogen-bond acceptors (Lipinski definition) is 3. The van der Waals surface area contributed by atoms with Crippen LogP contribution in [0.4, 0.5) is 5.69 Å². The van der Waals surface area contributed by atoms with Crippen LogP contribution >= 0.6 is 0 Å². The first-order valence-electron chi connectivity index (χ1n) is 7.36. The molecule has 0 aromatic heterocycles. The maximum absolute atomic E-state index is 12.7. The average molecular weight is 289 g/mol. The fraction of sp³-hybridized carbons (Fsp3) is 0.500. The Morgan fingerprint density at radius 3 is 2.48 bits per heavy atom. The summed E-state index contributed by atoms with van der Waals surface area (Å²) in [5.74, 6) is -0.163. The quantitative estimate of drug-likeness (QED) is 0.346. The minimum absolute atomic E-state index is 0.0172. The van der Waals surface area contributed by atoms with E-state index in [2.05, 4.69) is 10.5 Å². The fourth-order valence-corrected chi connectivity index (χ4v) is 2.92. The molecule has 1 amide bonds. The summed E-state index contributed by atoms with van der Waals surface area (Å²) in [5, 5.41) is 15.1. The Kier molecular flexibility index (Phi) is 4.50. The van der Waals surface area contributed by atoms with E-state index in [9.17, 15) is 4.79 Å². The monoisotopic (exact) mass is 289 g/mol. The van der Waals surface area contributed by atoms with Gasteiger partial charge >= 0.3 is 0 Å². The van der Waals surface area contributed by atoms with E-state index in [-0.39, 0.29) is 11.7 Å². The number of amides is 1. The van der Waals surface area contributed by atoms with Gasteiger partial charge in [-0.15, -0.1) is 0 Å². The Morgan fingerprint density at radius 2 is 1.90 bits per heavy atom. The van der Waals surface area contributed by atoms with Gasteiger partial charge in [-0.1, -0.05) is 30.5 Å². The van der Waals surface area contributed by atoms with Crippen molar-refractivity contribution in [2.75, 3.05) is 5.32 Å². The lowest BCUT2D eigenvalue weighted by Gasteiger charge is -2.34. The van der Waals surface area contributed by atoms with Crippen LogP contribution in [0, 0.1) is 19.3 Å². The third kappa shape index (κ3) is 3.01. The number of nitrogens with two attached hydrogens (primary N) is 1. The van der Waals surface area contributed by atoms with Crippen molar-refractivity contribution in [1.82, 2.24) is 0 Å². The zero-order valence-electron chi connectivity index (χ0n) is 12.6. The summed E-state index contributed by atoms with van der Waals surface area (Å²) < 4.78 is 0. The Hall–Kier alpha value is -2.04. The summed E-state index contributed by atoms with van der Waals surface area (Å²) in [7, 11) is 0. The number of amidine groups is 1. The molecule has 1 aliphatic carbocycles. The van der Waals surface area contributed by atoms with Crippen LogP contribution in [0.3, 0.4) is 0 Å². The van der Waals surface area contributed by atoms with Crippen LogP contribution in [0.25, 0.3) is 0 Å². The molecule has 0 bridgehead atoms. The molecule has 0 atom stereocenters. The van der Waals surface area contributed by atoms with Crippen LogP contribution in [0.15, 0.2) is 23.4 Å². The average Bonchev–Trinajstić information content (AvgIpc) is 2.50. The number of anilines is 1. The van der Waals surface area contributed by atoms with Crippen LogP contribution in [0.5, 0.6) is 0 Å². The number of carbonyl (C=O) groups is 1. The predicted octanol–water partition coefficient (Wildman–Crippen LogP) is 2.94. The second-order valence-electron chi connectivity index (χ2n) is 5.88. The van der Waals surface area contributed by atoms with Gasteiger partial charge in [0, 0.05) is 5.69 Å². The molecule has 1 aromatic carbocycles. The van der Waals surface area contributed by atoms with E-state index in [1.54, 1.807) is 0 Å². The molecule has 1 aromatic rings. The summed E-state index contributed by atoms with van der Waals surface area (Å²) in [4.78, 5) is 12.7. The number of oxime groups is 1. The number of nitrogens with zero attached hydrogens (tertiary/aromatic N) is 1. The molecule has 5 nitrogen and oxygen atoms in total. The van der Waals surface area contributed by atoms with Gasteiger partial charge in [0.2, 0.25) is 5.91 Å². The number of aryl methyl sites for hydroxylation is 2. The Balaban J connectivity index is 2.24. The zero-order valence-corrected chi connectivity index (χ0v) is 12.6. The minimum Gasteiger partial charge on any atom is -0.409 e. The molecular weight excluding hydrogens is 266 g/mol. The SMILES string of the molecule is Cc1ccc(NC(=O)C2(C(N)=NO)CCCCC2)cc1C. The van der Waals surface area contributed by atoms with Gasteiger partial charge in [0.15, 0.2) is 5.84 Å². The van der Waals surface area contributed by atoms with Gasteiger partial charge in [-0.2, -0.15) is 0 Å². The topological polar surface area (TPSA) is 87.7 Å². The van der Waals surface area contributed by atoms with E-state index >= 15 is 0 Å². The third-order valence-corrected chi connectivity index (χ3v) is 4.50. The standard InChI is InChI=1S/C16H23N3O2/c1-11-6-7-13(10-12(11)2)18-15(20)16(14(17)19-21)8-4-3-5-9-16/h6-7,10,21H,3-5,8-9H2,1-2H3,(H2,17,19)(H,18,20). The molecule has 5 heteroatoms. The highest BCUT2D eigenvalue weighted by Gasteiger charge is 2.43. The lowest BCUT2D eigenvalue weighted by molar-refractivity contribution is -0.123. The molecule has 0 aliphatic heterocycles. The predicted molar refractivity (Wildman–Crippen MR) is 83.5 cm³/mol. The van der Waals surface area contributed by atoms with E-state index < -0.39 is 5.41 Å². The van der Waals surface area contributed by atoms with E-state index in [4.69, 9.17) is 10.9 Å². The van der Waals surface area contributed by atoms with Gasteiger partial charge in [0.1, 0.15) is 5.41 Å². The lowest BCUT2D eigenvalue weighted by Crippen LogP contribution is -2.48. The van der Waals surface area contributed by atoms with Gasteiger partial charge in [-0.05, 0) is 49.9 Å². The van der Waals surface area contributed by atoms with E-state index in [0.29, 0.717) is 12.8 Å². The van der Waals surface area contributed by atoms with Crippen molar-refractivity contribution in [2.45, 2.75) is 46.0 Å². The Morgan fingerprint density at radius 1 is 1.24 bits per heavy atom. The largest absolute Gasteiger partial charge is 0.409 e. The summed E-state index contributed by atoms with van der Waals surface area (Å²) in [5.41, 5.74) is 7.99. The number of rotatable bonds is 3. The van der Waals surface area contributed by atoms with Crippen LogP contribution < -0.4 is 11.1 Å². The highest BCUT2D eigenvalue weighted by atomic mass is 16.4. The second-order valence-corrected chi connectivity index (χ2v) is 5.88. The minimum atomic E-state index is -0.883. The third-order valence-electron chi connectivity index (χ3n) is 4.50. The summed E-state index contributed by atoms with van der Waals surface area (Å²) >= 11 is 0. The van der Waals surface area contributed by atoms with Gasteiger partial charge < -0.3 is 16.3 Å². The summed E-state index contributed by atoms with van der Waals surface area (Å²) in [6, 6.07) is 5.79. The first-order valence-corrected chi connectivity index (χ1v) is 7.36. The summed E-state index contributed by atoms with van der Waals surface area (Å²) in [6.07, 6.45) is 4.16. The first kappa shape index (κ1) is 15.4. The van der Waals surface area contributed by atoms with Crippen molar-refractivity contribution in [3.05, 3.63) is 29.3 Å². The Bertz CT molecular complexity index is 561. The highest BCUT2D eigenvalue weighted by molar-refractivity contribution is 6.11. The molecule has 0 radical (unpaired) electrons. The highest BCUT2D eigenvalue weighted by Crippen LogP contribution is 2.37. The molecule has 1 saturated carbocycles. The molecule has 1 fully saturated rings. The summed E-state index contributed by atoms with van der Waals surface area (Å²) in [6.45, 7) is 4.03. The van der Waals surface area contributed by atoms with Crippen molar-refractivity contribution < 1.29 is 10.0 Å². The van der Waals surface area contributed by atoms with Crippen LogP contribution in [0.2, 0.25) is 0 Å². The maximum atomic E-state index is 12.7. The maximum Gasteiger partial charge on any atom is 0.238 e. The van der Waals surface area contributed by atoms with Crippen LogP contribution in [-0.2, 0) is 4.79 Å². The van der Waals surface area contributed by atoms with E-state index in [1.807, 2.05) is 32.0 Å². The van der Waals surface area contributed by atoms with E-state index in [1.165, 1.54) is 5.56 Å². The van der Waals surface area contributed by atoms with Crippen molar-refractivity contribution in [3.8, 4) is 0 Å². The van der Waals surface area contributed by atoms with Crippen molar-refractivity contribution in [1.29, 1.82) is 0 Å². The Labute approximate surface area is 125 Å². The number of carbonyl (C=O) groups excluding carboxylic acids is 1. The molecule has 0 heterocycles. The lowest BCUT2D eigenvalue weighted by atomic mass is 9.72. The fourth-order valence-electron chi connectivity index (χ4n) is 2.92. The molecule has 114 valence electrons. The second kappa shape index (κ2) is 6.16. The zero-order chi connectivity index (χ0) is 15.5. The number of nitrogens with one attached hydrogen (secondary N) is 1. The number of hydrogen-bond donors (Lipinski definition) is 3. The van der Waals surface area contributed by atoms with E-state index in [0.717, 1.165) is 30.5 Å². The normalized spacial score (nSPS) is 18.3. The number of benzene rings is 1. The molecule has 0 unspecified atom stereocenters. The van der Waals surface area contributed by atoms with Gasteiger partial charge in [0.25, 0.3) is 0 Å². The molecule has 0 spiro atoms. The molecule has 1 aliphatic rings. The van der Waals surface area contributed by atoms with Gasteiger partial charge in [-0.3, -0.25) is 4.79 Å². The smallest absolute Gasteiger partial charge is 0.238 e. The molecule has 0 saturated heterocycles. The van der Waals surface area contributed by atoms with Gasteiger partial charge in [0.05, 0.1) is 0 Å². The van der Waals surface area contributed by atoms with Crippen molar-refractivity contribution in [3.63, 3.8) is 0 Å². The first-order chi connectivity index (χ1) is 9.99.